The van der Waals surface area contributed by atoms with Crippen molar-refractivity contribution in [2.45, 2.75) is 19.9 Å². The zero-order valence-corrected chi connectivity index (χ0v) is 12.1. The van der Waals surface area contributed by atoms with Gasteiger partial charge in [-0.1, -0.05) is 13.0 Å². The predicted octanol–water partition coefficient (Wildman–Crippen LogP) is 1.97. The molecule has 106 valence electrons. The molecule has 0 aliphatic heterocycles. The minimum atomic E-state index is -0.208. The van der Waals surface area contributed by atoms with Crippen LogP contribution in [0.3, 0.4) is 0 Å². The summed E-state index contributed by atoms with van der Waals surface area (Å²) in [5.41, 5.74) is 1.49. The molecule has 0 radical (unpaired) electrons. The molecular formula is C14H23FN4. The average molecular weight is 266 g/mol. The van der Waals surface area contributed by atoms with E-state index in [9.17, 15) is 4.39 Å². The lowest BCUT2D eigenvalue weighted by Crippen LogP contribution is -2.37. The molecule has 4 nitrogen and oxygen atoms in total. The lowest BCUT2D eigenvalue weighted by molar-refractivity contribution is 0.623. The lowest BCUT2D eigenvalue weighted by atomic mass is 10.2. The Morgan fingerprint density at radius 2 is 2.05 bits per heavy atom. The summed E-state index contributed by atoms with van der Waals surface area (Å²) in [5, 5.41) is 6.33. The van der Waals surface area contributed by atoms with Crippen LogP contribution in [0.5, 0.6) is 0 Å². The van der Waals surface area contributed by atoms with Gasteiger partial charge in [0.15, 0.2) is 5.96 Å². The van der Waals surface area contributed by atoms with Crippen LogP contribution in [0.2, 0.25) is 0 Å². The standard InChI is InChI=1S/C14H23FN4/c1-5-8-17-14(16-2)18-10-11-6-7-13(19(3)4)12(15)9-11/h6-7,9H,5,8,10H2,1-4H3,(H2,16,17,18). The summed E-state index contributed by atoms with van der Waals surface area (Å²) in [5.74, 6) is 0.528. The third kappa shape index (κ3) is 4.77. The van der Waals surface area contributed by atoms with Gasteiger partial charge in [0, 0.05) is 34.2 Å². The third-order valence-electron chi connectivity index (χ3n) is 2.72. The molecule has 0 aliphatic rings. The van der Waals surface area contributed by atoms with Gasteiger partial charge in [0.2, 0.25) is 0 Å². The number of nitrogens with one attached hydrogen (secondary N) is 2. The summed E-state index contributed by atoms with van der Waals surface area (Å²) in [7, 11) is 5.38. The van der Waals surface area contributed by atoms with Gasteiger partial charge in [-0.05, 0) is 24.1 Å². The summed E-state index contributed by atoms with van der Waals surface area (Å²) >= 11 is 0. The number of guanidine groups is 1. The van der Waals surface area contributed by atoms with Crippen molar-refractivity contribution in [3.05, 3.63) is 29.6 Å². The lowest BCUT2D eigenvalue weighted by Gasteiger charge is -2.15. The number of rotatable bonds is 5. The SMILES string of the molecule is CCCNC(=NC)NCc1ccc(N(C)C)c(F)c1. The minimum absolute atomic E-state index is 0.208. The Labute approximate surface area is 114 Å². The Bertz CT molecular complexity index is 429. The van der Waals surface area contributed by atoms with Crippen LogP contribution >= 0.6 is 0 Å². The van der Waals surface area contributed by atoms with E-state index in [0.717, 1.165) is 24.5 Å². The topological polar surface area (TPSA) is 39.7 Å². The van der Waals surface area contributed by atoms with Gasteiger partial charge in [-0.15, -0.1) is 0 Å². The maximum absolute atomic E-state index is 13.8. The van der Waals surface area contributed by atoms with Crippen LogP contribution in [-0.4, -0.2) is 33.6 Å². The Morgan fingerprint density at radius 3 is 2.58 bits per heavy atom. The molecule has 0 unspecified atom stereocenters. The molecule has 0 heterocycles. The highest BCUT2D eigenvalue weighted by molar-refractivity contribution is 5.79. The number of halogens is 1. The highest BCUT2D eigenvalue weighted by Crippen LogP contribution is 2.18. The fraction of sp³-hybridized carbons (Fsp3) is 0.500. The first kappa shape index (κ1) is 15.3. The largest absolute Gasteiger partial charge is 0.375 e. The second-order valence-corrected chi connectivity index (χ2v) is 4.53. The van der Waals surface area contributed by atoms with Gasteiger partial charge in [0.05, 0.1) is 5.69 Å². The third-order valence-corrected chi connectivity index (χ3v) is 2.72. The van der Waals surface area contributed by atoms with Crippen LogP contribution in [0.25, 0.3) is 0 Å². The fourth-order valence-electron chi connectivity index (χ4n) is 1.67. The van der Waals surface area contributed by atoms with Crippen molar-refractivity contribution in [3.8, 4) is 0 Å². The van der Waals surface area contributed by atoms with E-state index in [1.54, 1.807) is 24.1 Å². The van der Waals surface area contributed by atoms with Crippen molar-refractivity contribution >= 4 is 11.6 Å². The van der Waals surface area contributed by atoms with Gasteiger partial charge in [0.1, 0.15) is 5.82 Å². The summed E-state index contributed by atoms with van der Waals surface area (Å²) in [6.45, 7) is 3.51. The van der Waals surface area contributed by atoms with Gasteiger partial charge in [0.25, 0.3) is 0 Å². The van der Waals surface area contributed by atoms with Gasteiger partial charge in [-0.3, -0.25) is 4.99 Å². The molecule has 0 bridgehead atoms. The Morgan fingerprint density at radius 1 is 1.32 bits per heavy atom. The fourth-order valence-corrected chi connectivity index (χ4v) is 1.67. The molecule has 1 aromatic carbocycles. The number of nitrogens with zero attached hydrogens (tertiary/aromatic N) is 2. The molecule has 0 spiro atoms. The quantitative estimate of drug-likeness (QED) is 0.632. The highest BCUT2D eigenvalue weighted by Gasteiger charge is 2.05. The maximum Gasteiger partial charge on any atom is 0.191 e. The molecule has 0 aliphatic carbocycles. The monoisotopic (exact) mass is 266 g/mol. The van der Waals surface area contributed by atoms with Gasteiger partial charge in [-0.25, -0.2) is 4.39 Å². The molecule has 0 fully saturated rings. The van der Waals surface area contributed by atoms with Gasteiger partial charge >= 0.3 is 0 Å². The van der Waals surface area contributed by atoms with Crippen LogP contribution in [0.15, 0.2) is 23.2 Å². The van der Waals surface area contributed by atoms with E-state index in [1.807, 2.05) is 20.2 Å². The molecule has 0 saturated heterocycles. The van der Waals surface area contributed by atoms with E-state index in [2.05, 4.69) is 22.5 Å². The van der Waals surface area contributed by atoms with Crippen molar-refractivity contribution in [2.24, 2.45) is 4.99 Å². The zero-order valence-electron chi connectivity index (χ0n) is 12.1. The van der Waals surface area contributed by atoms with E-state index < -0.39 is 0 Å². The van der Waals surface area contributed by atoms with Gasteiger partial charge < -0.3 is 15.5 Å². The first-order valence-electron chi connectivity index (χ1n) is 6.48. The molecule has 0 saturated carbocycles. The van der Waals surface area contributed by atoms with E-state index in [-0.39, 0.29) is 5.82 Å². The number of hydrogen-bond acceptors (Lipinski definition) is 2. The minimum Gasteiger partial charge on any atom is -0.375 e. The summed E-state index contributed by atoms with van der Waals surface area (Å²) in [6.07, 6.45) is 1.03. The van der Waals surface area contributed by atoms with Crippen molar-refractivity contribution in [1.29, 1.82) is 0 Å². The molecule has 19 heavy (non-hydrogen) atoms. The van der Waals surface area contributed by atoms with E-state index >= 15 is 0 Å². The van der Waals surface area contributed by atoms with E-state index in [1.165, 1.54) is 0 Å². The second kappa shape index (κ2) is 7.61. The molecule has 0 aromatic heterocycles. The van der Waals surface area contributed by atoms with Crippen LogP contribution in [-0.2, 0) is 6.54 Å². The first-order valence-corrected chi connectivity index (χ1v) is 6.48. The van der Waals surface area contributed by atoms with E-state index in [4.69, 9.17) is 0 Å². The zero-order chi connectivity index (χ0) is 14.3. The van der Waals surface area contributed by atoms with Crippen molar-refractivity contribution in [1.82, 2.24) is 10.6 Å². The molecule has 1 rings (SSSR count). The predicted molar refractivity (Wildman–Crippen MR) is 79.2 cm³/mol. The molecule has 5 heteroatoms. The van der Waals surface area contributed by atoms with E-state index in [0.29, 0.717) is 12.2 Å². The highest BCUT2D eigenvalue weighted by atomic mass is 19.1. The molecule has 0 amide bonds. The summed E-state index contributed by atoms with van der Waals surface area (Å²) in [4.78, 5) is 5.86. The molecule has 2 N–H and O–H groups in total. The Balaban J connectivity index is 2.60. The van der Waals surface area contributed by atoms with Gasteiger partial charge in [-0.2, -0.15) is 0 Å². The summed E-state index contributed by atoms with van der Waals surface area (Å²) in [6, 6.07) is 5.25. The molecule has 0 atom stereocenters. The van der Waals surface area contributed by atoms with Crippen molar-refractivity contribution < 1.29 is 4.39 Å². The number of aliphatic imine (C=N–C) groups is 1. The maximum atomic E-state index is 13.8. The number of benzene rings is 1. The Kier molecular flexibility index (Phi) is 6.12. The van der Waals surface area contributed by atoms with Crippen LogP contribution < -0.4 is 15.5 Å². The van der Waals surface area contributed by atoms with Crippen LogP contribution in [0.4, 0.5) is 10.1 Å². The normalized spacial score (nSPS) is 11.3. The summed E-state index contributed by atoms with van der Waals surface area (Å²) < 4.78 is 13.8. The first-order chi connectivity index (χ1) is 9.08. The molecule has 1 aromatic rings. The molecular weight excluding hydrogens is 243 g/mol. The van der Waals surface area contributed by atoms with Crippen molar-refractivity contribution in [2.75, 3.05) is 32.6 Å². The van der Waals surface area contributed by atoms with Crippen LogP contribution in [0.1, 0.15) is 18.9 Å². The Hall–Kier alpha value is -1.78. The number of anilines is 1. The van der Waals surface area contributed by atoms with Crippen LogP contribution in [0, 0.1) is 5.82 Å². The van der Waals surface area contributed by atoms with Crippen molar-refractivity contribution in [3.63, 3.8) is 0 Å². The second-order valence-electron chi connectivity index (χ2n) is 4.53. The average Bonchev–Trinajstić information content (AvgIpc) is 2.38. The number of hydrogen-bond donors (Lipinski definition) is 2. The smallest absolute Gasteiger partial charge is 0.191 e.